The van der Waals surface area contributed by atoms with Crippen LogP contribution in [0.25, 0.3) is 0 Å². The lowest BCUT2D eigenvalue weighted by atomic mass is 10.0. The van der Waals surface area contributed by atoms with Gasteiger partial charge in [0.05, 0.1) is 5.75 Å². The maximum absolute atomic E-state index is 12.4. The van der Waals surface area contributed by atoms with Gasteiger partial charge < -0.3 is 10.1 Å². The monoisotopic (exact) mass is 458 g/mol. The Morgan fingerprint density at radius 1 is 1.50 bits per heavy atom. The van der Waals surface area contributed by atoms with Gasteiger partial charge in [0.1, 0.15) is 23.7 Å². The summed E-state index contributed by atoms with van der Waals surface area (Å²) in [5.41, 5.74) is 0.104. The van der Waals surface area contributed by atoms with Crippen molar-refractivity contribution in [3.8, 4) is 0 Å². The number of fused-ring (bicyclic) bond motifs is 1. The van der Waals surface area contributed by atoms with Crippen molar-refractivity contribution in [1.29, 1.82) is 0 Å². The van der Waals surface area contributed by atoms with Crippen molar-refractivity contribution < 1.29 is 19.1 Å². The minimum atomic E-state index is -1.73. The third-order valence-electron chi connectivity index (χ3n) is 3.41. The Labute approximate surface area is 175 Å². The number of alkyl halides is 3. The molecule has 1 saturated heterocycles. The largest absolute Gasteiger partial charge is 0.456 e. The second kappa shape index (κ2) is 9.10. The summed E-state index contributed by atoms with van der Waals surface area (Å²) in [6.07, 6.45) is 3.32. The maximum atomic E-state index is 12.4. The van der Waals surface area contributed by atoms with Crippen molar-refractivity contribution in [2.75, 3.05) is 18.1 Å². The molecule has 1 fully saturated rings. The maximum Gasteiger partial charge on any atom is 0.354 e. The van der Waals surface area contributed by atoms with Gasteiger partial charge in [-0.25, -0.2) is 4.79 Å². The quantitative estimate of drug-likeness (QED) is 0.207. The molecule has 2 rings (SSSR count). The summed E-state index contributed by atoms with van der Waals surface area (Å²) in [7, 11) is 0. The van der Waals surface area contributed by atoms with Crippen LogP contribution in [0.4, 0.5) is 0 Å². The highest BCUT2D eigenvalue weighted by atomic mass is 35.6. The molecule has 2 aliphatic rings. The zero-order chi connectivity index (χ0) is 19.5. The summed E-state index contributed by atoms with van der Waals surface area (Å²) < 4.78 is 3.24. The average Bonchev–Trinajstić information content (AvgIpc) is 2.56. The van der Waals surface area contributed by atoms with E-state index in [1.807, 2.05) is 6.92 Å². The van der Waals surface area contributed by atoms with E-state index < -0.39 is 22.4 Å². The van der Waals surface area contributed by atoms with Gasteiger partial charge in [0.25, 0.3) is 5.91 Å². The molecule has 11 heteroatoms. The number of hydrogen-bond donors (Lipinski definition) is 1. The molecule has 0 radical (unpaired) electrons. The summed E-state index contributed by atoms with van der Waals surface area (Å²) in [6.45, 7) is 5.04. The highest BCUT2D eigenvalue weighted by Crippen LogP contribution is 2.41. The second-order valence-corrected chi connectivity index (χ2v) is 10.6. The smallest absolute Gasteiger partial charge is 0.354 e. The normalized spacial score (nSPS) is 24.9. The third-order valence-corrected chi connectivity index (χ3v) is 6.00. The number of ether oxygens (including phenoxy) is 1. The van der Waals surface area contributed by atoms with Crippen molar-refractivity contribution in [3.05, 3.63) is 24.4 Å². The highest BCUT2D eigenvalue weighted by molar-refractivity contribution is 8.00. The van der Waals surface area contributed by atoms with E-state index in [2.05, 4.69) is 11.9 Å². The molecule has 0 bridgehead atoms. The molecule has 0 saturated carbocycles. The Hall–Kier alpha value is -0.540. The molecular formula is C15H17Cl3N2O4S2. The van der Waals surface area contributed by atoms with Crippen LogP contribution in [0, 0.1) is 0 Å². The first-order chi connectivity index (χ1) is 12.1. The number of hydrogen-bond acceptors (Lipinski definition) is 6. The van der Waals surface area contributed by atoms with E-state index in [0.29, 0.717) is 5.75 Å². The fraction of sp³-hybridized carbons (Fsp3) is 0.533. The molecule has 0 aromatic heterocycles. The molecule has 2 heterocycles. The highest BCUT2D eigenvalue weighted by Gasteiger charge is 2.54. The van der Waals surface area contributed by atoms with Crippen molar-refractivity contribution in [1.82, 2.24) is 10.2 Å². The van der Waals surface area contributed by atoms with Gasteiger partial charge >= 0.3 is 5.97 Å². The first kappa shape index (κ1) is 21.8. The number of β-lactam (4-membered cyclic amide) rings is 1. The molecular weight excluding hydrogens is 443 g/mol. The van der Waals surface area contributed by atoms with Gasteiger partial charge in [-0.05, 0) is 13.0 Å². The molecule has 6 nitrogen and oxygen atoms in total. The van der Waals surface area contributed by atoms with Crippen molar-refractivity contribution in [2.45, 2.75) is 27.4 Å². The topological polar surface area (TPSA) is 75.7 Å². The lowest BCUT2D eigenvalue weighted by Crippen LogP contribution is -2.70. The number of halogens is 3. The van der Waals surface area contributed by atoms with Crippen molar-refractivity contribution >= 4 is 76.1 Å². The van der Waals surface area contributed by atoms with Gasteiger partial charge in [-0.1, -0.05) is 40.9 Å². The number of thioether (sulfide) groups is 2. The van der Waals surface area contributed by atoms with E-state index in [1.165, 1.54) is 28.4 Å². The van der Waals surface area contributed by atoms with Crippen molar-refractivity contribution in [2.24, 2.45) is 0 Å². The SMILES string of the molecule is C=CCSCC(=O)NC1C(=O)N2C(C(=O)OCC(Cl)(Cl)Cl)=CC(C)S[C@H]12. The minimum absolute atomic E-state index is 0.0470. The van der Waals surface area contributed by atoms with E-state index in [-0.39, 0.29) is 33.9 Å². The summed E-state index contributed by atoms with van der Waals surface area (Å²) >= 11 is 19.6. The number of carbonyl (C=O) groups is 3. The Balaban J connectivity index is 1.99. The molecule has 2 aliphatic heterocycles. The fourth-order valence-electron chi connectivity index (χ4n) is 2.39. The molecule has 2 unspecified atom stereocenters. The van der Waals surface area contributed by atoms with Crippen LogP contribution in [0.15, 0.2) is 24.4 Å². The lowest BCUT2D eigenvalue weighted by Gasteiger charge is -2.49. The predicted molar refractivity (Wildman–Crippen MR) is 106 cm³/mol. The van der Waals surface area contributed by atoms with Crippen LogP contribution in [0.3, 0.4) is 0 Å². The van der Waals surface area contributed by atoms with Crippen LogP contribution < -0.4 is 5.32 Å². The van der Waals surface area contributed by atoms with E-state index in [9.17, 15) is 14.4 Å². The van der Waals surface area contributed by atoms with E-state index >= 15 is 0 Å². The zero-order valence-electron chi connectivity index (χ0n) is 13.7. The summed E-state index contributed by atoms with van der Waals surface area (Å²) in [6, 6.07) is -0.677. The molecule has 144 valence electrons. The third kappa shape index (κ3) is 5.48. The van der Waals surface area contributed by atoms with Gasteiger partial charge in [-0.3, -0.25) is 14.5 Å². The molecule has 2 amide bonds. The molecule has 3 atom stereocenters. The average molecular weight is 460 g/mol. The number of carbonyl (C=O) groups excluding carboxylic acids is 3. The molecule has 0 aliphatic carbocycles. The van der Waals surface area contributed by atoms with Gasteiger partial charge in [-0.2, -0.15) is 0 Å². The summed E-state index contributed by atoms with van der Waals surface area (Å²) in [5, 5.41) is 2.30. The van der Waals surface area contributed by atoms with Crippen LogP contribution >= 0.6 is 58.3 Å². The Morgan fingerprint density at radius 3 is 2.81 bits per heavy atom. The summed E-state index contributed by atoms with van der Waals surface area (Å²) in [4.78, 5) is 38.0. The van der Waals surface area contributed by atoms with Gasteiger partial charge in [0.15, 0.2) is 0 Å². The van der Waals surface area contributed by atoms with Gasteiger partial charge in [-0.15, -0.1) is 30.1 Å². The number of amides is 2. The number of nitrogens with zero attached hydrogens (tertiary/aromatic N) is 1. The van der Waals surface area contributed by atoms with E-state index in [1.54, 1.807) is 12.2 Å². The second-order valence-electron chi connectivity index (χ2n) is 5.53. The molecule has 0 spiro atoms. The first-order valence-corrected chi connectivity index (χ1v) is 10.8. The predicted octanol–water partition coefficient (Wildman–Crippen LogP) is 2.49. The van der Waals surface area contributed by atoms with Crippen LogP contribution in [0.2, 0.25) is 0 Å². The molecule has 0 aromatic carbocycles. The van der Waals surface area contributed by atoms with Crippen LogP contribution in [0.5, 0.6) is 0 Å². The Morgan fingerprint density at radius 2 is 2.19 bits per heavy atom. The van der Waals surface area contributed by atoms with Crippen LogP contribution in [0.1, 0.15) is 6.92 Å². The number of nitrogens with one attached hydrogen (secondary N) is 1. The standard InChI is InChI=1S/C15H17Cl3N2O4S2/c1-3-4-25-6-10(21)19-11-12(22)20-9(5-8(2)26-13(11)20)14(23)24-7-15(16,17)18/h3,5,8,11,13H,1,4,6-7H2,2H3,(H,19,21)/t8?,11?,13-/m1/s1. The summed E-state index contributed by atoms with van der Waals surface area (Å²) in [5.74, 6) is -0.467. The minimum Gasteiger partial charge on any atom is -0.456 e. The number of rotatable bonds is 7. The zero-order valence-corrected chi connectivity index (χ0v) is 17.6. The van der Waals surface area contributed by atoms with E-state index in [4.69, 9.17) is 39.5 Å². The van der Waals surface area contributed by atoms with E-state index in [0.717, 1.165) is 0 Å². The first-order valence-electron chi connectivity index (χ1n) is 7.56. The van der Waals surface area contributed by atoms with Crippen LogP contribution in [-0.4, -0.2) is 61.3 Å². The lowest BCUT2D eigenvalue weighted by molar-refractivity contribution is -0.152. The van der Waals surface area contributed by atoms with Crippen LogP contribution in [-0.2, 0) is 19.1 Å². The van der Waals surface area contributed by atoms with Crippen molar-refractivity contribution in [3.63, 3.8) is 0 Å². The number of esters is 1. The Bertz CT molecular complexity index is 639. The molecule has 0 aromatic rings. The van der Waals surface area contributed by atoms with Gasteiger partial charge in [0.2, 0.25) is 9.70 Å². The van der Waals surface area contributed by atoms with Gasteiger partial charge in [0, 0.05) is 11.0 Å². The Kier molecular flexibility index (Phi) is 7.62. The molecule has 1 N–H and O–H groups in total. The fourth-order valence-corrected chi connectivity index (χ4v) is 4.44. The molecule has 26 heavy (non-hydrogen) atoms.